The van der Waals surface area contributed by atoms with E-state index < -0.39 is 29.0 Å². The lowest BCUT2D eigenvalue weighted by Gasteiger charge is -2.49. The molecular formula is C28H33FO5. The van der Waals surface area contributed by atoms with Gasteiger partial charge in [0.15, 0.2) is 0 Å². The van der Waals surface area contributed by atoms with Crippen LogP contribution < -0.4 is 0 Å². The summed E-state index contributed by atoms with van der Waals surface area (Å²) in [7, 11) is 0. The Morgan fingerprint density at radius 2 is 1.62 bits per heavy atom. The van der Waals surface area contributed by atoms with Gasteiger partial charge in [0.2, 0.25) is 0 Å². The highest BCUT2D eigenvalue weighted by atomic mass is 19.1. The van der Waals surface area contributed by atoms with Crippen LogP contribution in [0.15, 0.2) is 42.0 Å². The predicted molar refractivity (Wildman–Crippen MR) is 126 cm³/mol. The van der Waals surface area contributed by atoms with Crippen LogP contribution in [0.1, 0.15) is 71.8 Å². The van der Waals surface area contributed by atoms with E-state index in [1.54, 1.807) is 18.2 Å². The first-order chi connectivity index (χ1) is 15.8. The third-order valence-corrected chi connectivity index (χ3v) is 7.48. The maximum absolute atomic E-state index is 13.7. The number of carbonyl (C=O) groups excluding carboxylic acids is 3. The molecule has 4 rings (SSSR count). The van der Waals surface area contributed by atoms with Crippen LogP contribution in [0, 0.1) is 22.1 Å². The van der Waals surface area contributed by atoms with Crippen LogP contribution in [0.25, 0.3) is 5.57 Å². The summed E-state index contributed by atoms with van der Waals surface area (Å²) in [6.07, 6.45) is 4.04. The normalized spacial score (nSPS) is 28.5. The molecule has 5 nitrogen and oxygen atoms in total. The van der Waals surface area contributed by atoms with Crippen molar-refractivity contribution in [2.24, 2.45) is 16.2 Å². The maximum Gasteiger partial charge on any atom is 0.309 e. The molecule has 3 aliphatic rings. The number of hydrogen-bond acceptors (Lipinski definition) is 5. The van der Waals surface area contributed by atoms with Crippen molar-refractivity contribution in [3.8, 4) is 0 Å². The molecule has 2 atom stereocenters. The van der Waals surface area contributed by atoms with Crippen LogP contribution in [0.2, 0.25) is 0 Å². The highest BCUT2D eigenvalue weighted by molar-refractivity contribution is 6.11. The number of hydrogen-bond donors (Lipinski definition) is 1. The van der Waals surface area contributed by atoms with E-state index in [2.05, 4.69) is 0 Å². The molecule has 1 aliphatic heterocycles. The molecule has 0 amide bonds. The minimum Gasteiger partial charge on any atom is -0.458 e. The summed E-state index contributed by atoms with van der Waals surface area (Å²) in [5, 5.41) is 9.96. The minimum absolute atomic E-state index is 0.0115. The third-order valence-electron chi connectivity index (χ3n) is 7.48. The first kappa shape index (κ1) is 24.5. The van der Waals surface area contributed by atoms with Crippen molar-refractivity contribution in [3.05, 3.63) is 53.4 Å². The zero-order valence-corrected chi connectivity index (χ0v) is 20.3. The highest BCUT2D eigenvalue weighted by Gasteiger charge is 2.56. The quantitative estimate of drug-likeness (QED) is 0.501. The van der Waals surface area contributed by atoms with Crippen LogP contribution in [0.4, 0.5) is 4.39 Å². The monoisotopic (exact) mass is 468 g/mol. The first-order valence-corrected chi connectivity index (χ1v) is 11.9. The van der Waals surface area contributed by atoms with Gasteiger partial charge >= 0.3 is 5.97 Å². The van der Waals surface area contributed by atoms with Crippen molar-refractivity contribution < 1.29 is 28.6 Å². The summed E-state index contributed by atoms with van der Waals surface area (Å²) >= 11 is 0. The van der Waals surface area contributed by atoms with Gasteiger partial charge in [0.05, 0.1) is 17.9 Å². The molecule has 2 fully saturated rings. The molecule has 2 aliphatic carbocycles. The van der Waals surface area contributed by atoms with Gasteiger partial charge in [0, 0.05) is 19.3 Å². The SMILES string of the molecule is CC1(C)CC(=O)C2(CC(c3ccc(F)cc3)=C(C=CC3CC(O)CC(=O)O3)C(C)(C)C2)C(=O)C1. The first-order valence-electron chi connectivity index (χ1n) is 11.9. The fraction of sp³-hybridized carbons (Fsp3) is 0.536. The number of benzene rings is 1. The number of allylic oxidation sites excluding steroid dienone is 3. The van der Waals surface area contributed by atoms with Crippen molar-refractivity contribution in [2.45, 2.75) is 78.4 Å². The Hall–Kier alpha value is -2.60. The second-order valence-corrected chi connectivity index (χ2v) is 11.6. The van der Waals surface area contributed by atoms with E-state index in [-0.39, 0.29) is 35.6 Å². The van der Waals surface area contributed by atoms with Gasteiger partial charge in [-0.15, -0.1) is 0 Å². The summed E-state index contributed by atoms with van der Waals surface area (Å²) < 4.78 is 19.1. The van der Waals surface area contributed by atoms with Crippen LogP contribution in [-0.4, -0.2) is 34.9 Å². The van der Waals surface area contributed by atoms with Gasteiger partial charge in [-0.05, 0) is 58.6 Å². The number of ether oxygens (including phenoxy) is 1. The Labute approximate surface area is 200 Å². The van der Waals surface area contributed by atoms with E-state index in [1.807, 2.05) is 33.8 Å². The number of rotatable bonds is 3. The zero-order chi connectivity index (χ0) is 24.9. The van der Waals surface area contributed by atoms with E-state index >= 15 is 0 Å². The largest absolute Gasteiger partial charge is 0.458 e. The van der Waals surface area contributed by atoms with Crippen LogP contribution in [-0.2, 0) is 19.1 Å². The van der Waals surface area contributed by atoms with Gasteiger partial charge in [-0.2, -0.15) is 0 Å². The van der Waals surface area contributed by atoms with Gasteiger partial charge < -0.3 is 9.84 Å². The van der Waals surface area contributed by atoms with E-state index in [0.717, 1.165) is 16.7 Å². The van der Waals surface area contributed by atoms with Gasteiger partial charge in [0.1, 0.15) is 23.5 Å². The number of carbonyl (C=O) groups is 3. The lowest BCUT2D eigenvalue weighted by Crippen LogP contribution is -2.51. The van der Waals surface area contributed by atoms with Gasteiger partial charge in [-0.25, -0.2) is 4.39 Å². The summed E-state index contributed by atoms with van der Waals surface area (Å²) in [6.45, 7) is 7.93. The molecule has 0 bridgehead atoms. The number of aliphatic hydroxyl groups is 1. The van der Waals surface area contributed by atoms with Gasteiger partial charge in [-0.1, -0.05) is 45.9 Å². The summed E-state index contributed by atoms with van der Waals surface area (Å²) in [5.74, 6) is -0.840. The Morgan fingerprint density at radius 1 is 1.00 bits per heavy atom. The lowest BCUT2D eigenvalue weighted by atomic mass is 9.52. The molecule has 1 aromatic rings. The Balaban J connectivity index is 1.80. The number of aliphatic hydroxyl groups excluding tert-OH is 1. The van der Waals surface area contributed by atoms with Crippen LogP contribution in [0.3, 0.4) is 0 Å². The molecule has 1 saturated heterocycles. The molecule has 0 radical (unpaired) electrons. The van der Waals surface area contributed by atoms with E-state index in [9.17, 15) is 23.9 Å². The fourth-order valence-electron chi connectivity index (χ4n) is 5.90. The number of cyclic esters (lactones) is 1. The van der Waals surface area contributed by atoms with Crippen molar-refractivity contribution >= 4 is 23.1 Å². The molecule has 1 spiro atoms. The molecule has 1 heterocycles. The molecule has 182 valence electrons. The summed E-state index contributed by atoms with van der Waals surface area (Å²) in [4.78, 5) is 38.8. The van der Waals surface area contributed by atoms with Crippen molar-refractivity contribution in [2.75, 3.05) is 0 Å². The van der Waals surface area contributed by atoms with E-state index in [1.165, 1.54) is 12.1 Å². The maximum atomic E-state index is 13.7. The number of ketones is 2. The zero-order valence-electron chi connectivity index (χ0n) is 20.3. The third kappa shape index (κ3) is 4.65. The topological polar surface area (TPSA) is 80.7 Å². The molecule has 6 heteroatoms. The minimum atomic E-state index is -1.09. The number of Topliss-reactive ketones (excluding diaryl/α,β-unsaturated/α-hetero) is 2. The van der Waals surface area contributed by atoms with E-state index in [0.29, 0.717) is 25.7 Å². The summed E-state index contributed by atoms with van der Waals surface area (Å²) in [5.41, 5.74) is 0.535. The van der Waals surface area contributed by atoms with Crippen molar-refractivity contribution in [1.82, 2.24) is 0 Å². The van der Waals surface area contributed by atoms with Crippen LogP contribution >= 0.6 is 0 Å². The summed E-state index contributed by atoms with van der Waals surface area (Å²) in [6, 6.07) is 6.12. The molecule has 1 N–H and O–H groups in total. The Bertz CT molecular complexity index is 1060. The average molecular weight is 469 g/mol. The number of halogens is 1. The Morgan fingerprint density at radius 3 is 2.21 bits per heavy atom. The second-order valence-electron chi connectivity index (χ2n) is 11.6. The smallest absolute Gasteiger partial charge is 0.309 e. The van der Waals surface area contributed by atoms with Crippen molar-refractivity contribution in [3.63, 3.8) is 0 Å². The highest BCUT2D eigenvalue weighted by Crippen LogP contribution is 2.57. The molecular weight excluding hydrogens is 435 g/mol. The second kappa shape index (κ2) is 8.56. The number of esters is 1. The molecule has 2 unspecified atom stereocenters. The van der Waals surface area contributed by atoms with Gasteiger partial charge in [0.25, 0.3) is 0 Å². The van der Waals surface area contributed by atoms with E-state index in [4.69, 9.17) is 4.74 Å². The Kier molecular flexibility index (Phi) is 6.17. The van der Waals surface area contributed by atoms with Crippen LogP contribution in [0.5, 0.6) is 0 Å². The molecule has 34 heavy (non-hydrogen) atoms. The fourth-order valence-corrected chi connectivity index (χ4v) is 5.90. The van der Waals surface area contributed by atoms with Crippen molar-refractivity contribution in [1.29, 1.82) is 0 Å². The predicted octanol–water partition coefficient (Wildman–Crippen LogP) is 4.97. The standard InChI is InChI=1S/C28H33FO5/c1-26(2)14-23(31)28(24(32)15-26)13-21(17-5-7-18(29)8-6-17)22(27(3,4)16-28)10-9-20-11-19(30)12-25(33)34-20/h5-10,19-20,30H,11-16H2,1-4H3. The molecule has 1 aromatic carbocycles. The molecule has 1 saturated carbocycles. The molecule has 0 aromatic heterocycles. The average Bonchev–Trinajstić information content (AvgIpc) is 2.70. The lowest BCUT2D eigenvalue weighted by molar-refractivity contribution is -0.156. The van der Waals surface area contributed by atoms with Gasteiger partial charge in [-0.3, -0.25) is 14.4 Å².